The number of rotatable bonds is 7. The van der Waals surface area contributed by atoms with E-state index < -0.39 is 5.97 Å². The van der Waals surface area contributed by atoms with E-state index in [0.29, 0.717) is 19.1 Å². The molecule has 1 aromatic rings. The van der Waals surface area contributed by atoms with Crippen LogP contribution in [0.1, 0.15) is 31.2 Å². The van der Waals surface area contributed by atoms with Gasteiger partial charge in [0.1, 0.15) is 6.61 Å². The van der Waals surface area contributed by atoms with E-state index in [1.807, 2.05) is 40.1 Å². The molecule has 1 aliphatic carbocycles. The molecule has 0 radical (unpaired) electrons. The van der Waals surface area contributed by atoms with E-state index in [1.54, 1.807) is 0 Å². The molecular formula is C19H26N2O4. The highest BCUT2D eigenvalue weighted by atomic mass is 16.6. The molecule has 1 amide bonds. The molecule has 1 heterocycles. The summed E-state index contributed by atoms with van der Waals surface area (Å²) in [5, 5.41) is 8.97. The first kappa shape index (κ1) is 17.7. The summed E-state index contributed by atoms with van der Waals surface area (Å²) in [6.45, 7) is 2.59. The number of ether oxygens (including phenoxy) is 1. The molecular weight excluding hydrogens is 320 g/mol. The Morgan fingerprint density at radius 1 is 1.20 bits per heavy atom. The Labute approximate surface area is 148 Å². The van der Waals surface area contributed by atoms with Crippen LogP contribution in [-0.2, 0) is 16.1 Å². The van der Waals surface area contributed by atoms with Gasteiger partial charge < -0.3 is 14.7 Å². The molecule has 0 bridgehead atoms. The SMILES string of the molecule is O=C(O)CN1CCCC(CN(C(=O)OCc2ccccc2)C2CC2)C1. The third-order valence-electron chi connectivity index (χ3n) is 4.84. The monoisotopic (exact) mass is 346 g/mol. The van der Waals surface area contributed by atoms with E-state index in [9.17, 15) is 9.59 Å². The minimum absolute atomic E-state index is 0.0817. The van der Waals surface area contributed by atoms with Crippen molar-refractivity contribution in [1.82, 2.24) is 9.80 Å². The first-order valence-electron chi connectivity index (χ1n) is 9.03. The maximum Gasteiger partial charge on any atom is 0.410 e. The third-order valence-corrected chi connectivity index (χ3v) is 4.84. The fraction of sp³-hybridized carbons (Fsp3) is 0.579. The Hall–Kier alpha value is -2.08. The van der Waals surface area contributed by atoms with Crippen LogP contribution >= 0.6 is 0 Å². The fourth-order valence-corrected chi connectivity index (χ4v) is 3.47. The van der Waals surface area contributed by atoms with Crippen LogP contribution < -0.4 is 0 Å². The molecule has 0 aromatic heterocycles. The van der Waals surface area contributed by atoms with Crippen LogP contribution in [0, 0.1) is 5.92 Å². The summed E-state index contributed by atoms with van der Waals surface area (Å²) in [7, 11) is 0. The molecule has 1 atom stereocenters. The molecule has 1 N–H and O–H groups in total. The standard InChI is InChI=1S/C19H26N2O4/c22-18(23)13-20-10-4-7-16(11-20)12-21(17-8-9-17)19(24)25-14-15-5-2-1-3-6-15/h1-3,5-6,16-17H,4,7-14H2,(H,22,23). The number of carboxylic acid groups (broad SMARTS) is 1. The average Bonchev–Trinajstić information content (AvgIpc) is 3.43. The number of carboxylic acids is 1. The Morgan fingerprint density at radius 2 is 1.96 bits per heavy atom. The lowest BCUT2D eigenvalue weighted by molar-refractivity contribution is -0.138. The third kappa shape index (κ3) is 5.46. The molecule has 6 heteroatoms. The Morgan fingerprint density at radius 3 is 2.64 bits per heavy atom. The van der Waals surface area contributed by atoms with Crippen molar-refractivity contribution >= 4 is 12.1 Å². The Balaban J connectivity index is 1.52. The van der Waals surface area contributed by atoms with Gasteiger partial charge in [0.25, 0.3) is 0 Å². The number of amides is 1. The molecule has 1 aromatic carbocycles. The molecule has 2 fully saturated rings. The maximum absolute atomic E-state index is 12.5. The summed E-state index contributed by atoms with van der Waals surface area (Å²) in [6, 6.07) is 9.98. The van der Waals surface area contributed by atoms with Crippen LogP contribution in [0.4, 0.5) is 4.79 Å². The molecule has 0 spiro atoms. The second-order valence-corrected chi connectivity index (χ2v) is 7.06. The zero-order valence-corrected chi connectivity index (χ0v) is 14.5. The quantitative estimate of drug-likeness (QED) is 0.822. The minimum atomic E-state index is -0.790. The van der Waals surface area contributed by atoms with E-state index in [2.05, 4.69) is 0 Å². The van der Waals surface area contributed by atoms with E-state index in [1.165, 1.54) is 0 Å². The van der Waals surface area contributed by atoms with Gasteiger partial charge in [0.2, 0.25) is 0 Å². The predicted octanol–water partition coefficient (Wildman–Crippen LogP) is 2.58. The van der Waals surface area contributed by atoms with E-state index in [4.69, 9.17) is 9.84 Å². The molecule has 136 valence electrons. The number of carbonyl (C=O) groups is 2. The Kier molecular flexibility index (Phi) is 5.91. The molecule has 1 unspecified atom stereocenters. The lowest BCUT2D eigenvalue weighted by Gasteiger charge is -2.34. The van der Waals surface area contributed by atoms with Crippen molar-refractivity contribution in [2.24, 2.45) is 5.92 Å². The lowest BCUT2D eigenvalue weighted by atomic mass is 9.97. The predicted molar refractivity (Wildman–Crippen MR) is 93.2 cm³/mol. The van der Waals surface area contributed by atoms with Crippen molar-refractivity contribution in [2.75, 3.05) is 26.2 Å². The van der Waals surface area contributed by atoms with Gasteiger partial charge >= 0.3 is 12.1 Å². The summed E-state index contributed by atoms with van der Waals surface area (Å²) in [5.74, 6) is -0.472. The van der Waals surface area contributed by atoms with E-state index >= 15 is 0 Å². The number of hydrogen-bond acceptors (Lipinski definition) is 4. The summed E-state index contributed by atoms with van der Waals surface area (Å²) in [6.07, 6.45) is 3.83. The van der Waals surface area contributed by atoms with Gasteiger partial charge in [-0.2, -0.15) is 0 Å². The first-order valence-corrected chi connectivity index (χ1v) is 9.03. The zero-order chi connectivity index (χ0) is 17.6. The average molecular weight is 346 g/mol. The summed E-state index contributed by atoms with van der Waals surface area (Å²) in [5.41, 5.74) is 0.983. The second kappa shape index (κ2) is 8.34. The van der Waals surface area contributed by atoms with Crippen LogP contribution in [0.3, 0.4) is 0 Å². The van der Waals surface area contributed by atoms with Gasteiger partial charge in [-0.15, -0.1) is 0 Å². The zero-order valence-electron chi connectivity index (χ0n) is 14.5. The molecule has 2 aliphatic rings. The number of nitrogens with zero attached hydrogens (tertiary/aromatic N) is 2. The first-order chi connectivity index (χ1) is 12.1. The number of aliphatic carboxylic acids is 1. The van der Waals surface area contributed by atoms with Gasteiger partial charge in [0, 0.05) is 19.1 Å². The van der Waals surface area contributed by atoms with Crippen LogP contribution in [0.2, 0.25) is 0 Å². The molecule has 6 nitrogen and oxygen atoms in total. The minimum Gasteiger partial charge on any atom is -0.480 e. The van der Waals surface area contributed by atoms with Gasteiger partial charge in [0.15, 0.2) is 0 Å². The highest BCUT2D eigenvalue weighted by Gasteiger charge is 2.36. The molecule has 1 aliphatic heterocycles. The number of benzene rings is 1. The van der Waals surface area contributed by atoms with Crippen LogP contribution in [0.5, 0.6) is 0 Å². The van der Waals surface area contributed by atoms with Crippen molar-refractivity contribution in [3.63, 3.8) is 0 Å². The number of likely N-dealkylation sites (tertiary alicyclic amines) is 1. The van der Waals surface area contributed by atoms with E-state index in [0.717, 1.165) is 44.3 Å². The van der Waals surface area contributed by atoms with Crippen LogP contribution in [0.15, 0.2) is 30.3 Å². The van der Waals surface area contributed by atoms with Crippen LogP contribution in [-0.4, -0.2) is 59.2 Å². The van der Waals surface area contributed by atoms with Crippen molar-refractivity contribution in [2.45, 2.75) is 38.3 Å². The van der Waals surface area contributed by atoms with Gasteiger partial charge in [-0.25, -0.2) is 4.79 Å². The van der Waals surface area contributed by atoms with Gasteiger partial charge in [-0.3, -0.25) is 9.69 Å². The summed E-state index contributed by atoms with van der Waals surface area (Å²) < 4.78 is 5.50. The van der Waals surface area contributed by atoms with Gasteiger partial charge in [0.05, 0.1) is 6.54 Å². The molecule has 3 rings (SSSR count). The largest absolute Gasteiger partial charge is 0.480 e. The second-order valence-electron chi connectivity index (χ2n) is 7.06. The summed E-state index contributed by atoms with van der Waals surface area (Å²) in [4.78, 5) is 27.3. The molecule has 1 saturated heterocycles. The summed E-state index contributed by atoms with van der Waals surface area (Å²) >= 11 is 0. The van der Waals surface area contributed by atoms with Crippen molar-refractivity contribution in [3.8, 4) is 0 Å². The van der Waals surface area contributed by atoms with Gasteiger partial charge in [-0.05, 0) is 43.7 Å². The number of carbonyl (C=O) groups excluding carboxylic acids is 1. The molecule has 25 heavy (non-hydrogen) atoms. The smallest absolute Gasteiger partial charge is 0.410 e. The fourth-order valence-electron chi connectivity index (χ4n) is 3.47. The maximum atomic E-state index is 12.5. The van der Waals surface area contributed by atoms with Crippen molar-refractivity contribution in [3.05, 3.63) is 35.9 Å². The normalized spacial score (nSPS) is 20.9. The topological polar surface area (TPSA) is 70.1 Å². The Bertz CT molecular complexity index is 588. The molecule has 1 saturated carbocycles. The number of piperidine rings is 1. The van der Waals surface area contributed by atoms with Crippen molar-refractivity contribution < 1.29 is 19.4 Å². The lowest BCUT2D eigenvalue weighted by Crippen LogP contribution is -2.45. The van der Waals surface area contributed by atoms with Crippen molar-refractivity contribution in [1.29, 1.82) is 0 Å². The van der Waals surface area contributed by atoms with Crippen LogP contribution in [0.25, 0.3) is 0 Å². The number of hydrogen-bond donors (Lipinski definition) is 1. The van der Waals surface area contributed by atoms with Gasteiger partial charge in [-0.1, -0.05) is 30.3 Å². The highest BCUT2D eigenvalue weighted by molar-refractivity contribution is 5.69. The van der Waals surface area contributed by atoms with E-state index in [-0.39, 0.29) is 18.7 Å². The highest BCUT2D eigenvalue weighted by Crippen LogP contribution is 2.30.